The van der Waals surface area contributed by atoms with E-state index in [0.29, 0.717) is 28.6 Å². The van der Waals surface area contributed by atoms with Gasteiger partial charge < -0.3 is 24.5 Å². The fraction of sp³-hybridized carbons (Fsp3) is 0.158. The maximum absolute atomic E-state index is 10.5. The predicted molar refractivity (Wildman–Crippen MR) is 100 cm³/mol. The first kappa shape index (κ1) is 16.0. The Morgan fingerprint density at radius 2 is 1.96 bits per heavy atom. The largest absolute Gasteiger partial charge is 0.509 e. The van der Waals surface area contributed by atoms with Gasteiger partial charge in [-0.1, -0.05) is 12.1 Å². The fourth-order valence-corrected chi connectivity index (χ4v) is 3.11. The molecule has 1 aliphatic heterocycles. The molecule has 4 rings (SSSR count). The number of hydrogen-bond acceptors (Lipinski definition) is 5. The van der Waals surface area contributed by atoms with Crippen molar-refractivity contribution >= 4 is 28.1 Å². The third-order valence-corrected chi connectivity index (χ3v) is 4.41. The summed E-state index contributed by atoms with van der Waals surface area (Å²) in [5, 5.41) is 19.1. The Kier molecular flexibility index (Phi) is 3.76. The van der Waals surface area contributed by atoms with Crippen LogP contribution in [0.25, 0.3) is 16.6 Å². The van der Waals surface area contributed by atoms with Gasteiger partial charge in [-0.15, -0.1) is 0 Å². The van der Waals surface area contributed by atoms with Crippen molar-refractivity contribution in [2.24, 2.45) is 0 Å². The molecule has 0 saturated heterocycles. The summed E-state index contributed by atoms with van der Waals surface area (Å²) in [7, 11) is 3.14. The van der Waals surface area contributed by atoms with Crippen molar-refractivity contribution in [2.45, 2.75) is 0 Å². The van der Waals surface area contributed by atoms with E-state index in [2.05, 4.69) is 9.97 Å². The van der Waals surface area contributed by atoms with Gasteiger partial charge in [0.2, 0.25) is 0 Å². The van der Waals surface area contributed by atoms with Crippen molar-refractivity contribution in [3.63, 3.8) is 0 Å². The number of nitrogens with one attached hydrogen (secondary N) is 2. The van der Waals surface area contributed by atoms with E-state index in [0.717, 1.165) is 11.0 Å². The average molecular weight is 350 g/mol. The highest BCUT2D eigenvalue weighted by molar-refractivity contribution is 6.30. The molecule has 1 aliphatic rings. The van der Waals surface area contributed by atoms with E-state index in [1.54, 1.807) is 37.3 Å². The number of hydrogen-bond donors (Lipinski definition) is 3. The van der Waals surface area contributed by atoms with Crippen LogP contribution >= 0.6 is 0 Å². The molecule has 26 heavy (non-hydrogen) atoms. The first-order chi connectivity index (χ1) is 12.6. The van der Waals surface area contributed by atoms with Crippen LogP contribution in [0.1, 0.15) is 5.82 Å². The molecule has 1 aromatic heterocycles. The van der Waals surface area contributed by atoms with Gasteiger partial charge in [-0.3, -0.25) is 5.41 Å². The quantitative estimate of drug-likeness (QED) is 0.671. The zero-order valence-electron chi connectivity index (χ0n) is 14.4. The number of imidazole rings is 1. The molecule has 0 spiro atoms. The number of ether oxygens (including phenoxy) is 2. The highest BCUT2D eigenvalue weighted by Crippen LogP contribution is 2.37. The van der Waals surface area contributed by atoms with Crippen LogP contribution in [0, 0.1) is 5.41 Å². The number of rotatable bonds is 4. The SMILES string of the molecule is COc1ccc(N2CC(O)=C(c3nc4ccccc4[nH]3)C2=N)c(OC)c1. The first-order valence-electron chi connectivity index (χ1n) is 8.08. The summed E-state index contributed by atoms with van der Waals surface area (Å²) in [6.07, 6.45) is 0. The molecular formula is C19H18N4O3. The number of methoxy groups -OCH3 is 2. The lowest BCUT2D eigenvalue weighted by Gasteiger charge is -2.21. The maximum atomic E-state index is 10.5. The van der Waals surface area contributed by atoms with Gasteiger partial charge in [0.15, 0.2) is 0 Å². The van der Waals surface area contributed by atoms with Gasteiger partial charge in [0.05, 0.1) is 43.1 Å². The van der Waals surface area contributed by atoms with Crippen LogP contribution in [0.3, 0.4) is 0 Å². The Morgan fingerprint density at radius 1 is 1.15 bits per heavy atom. The number of aliphatic hydroxyl groups is 1. The van der Waals surface area contributed by atoms with Gasteiger partial charge in [0, 0.05) is 6.07 Å². The predicted octanol–water partition coefficient (Wildman–Crippen LogP) is 3.35. The molecule has 0 atom stereocenters. The highest BCUT2D eigenvalue weighted by Gasteiger charge is 2.32. The summed E-state index contributed by atoms with van der Waals surface area (Å²) in [5.41, 5.74) is 2.71. The average Bonchev–Trinajstić information content (AvgIpc) is 3.21. The molecule has 0 radical (unpaired) electrons. The Hall–Kier alpha value is -3.48. The number of nitrogens with zero attached hydrogens (tertiary/aromatic N) is 2. The number of amidine groups is 1. The third kappa shape index (κ3) is 2.45. The molecule has 0 amide bonds. The van der Waals surface area contributed by atoms with Gasteiger partial charge in [-0.25, -0.2) is 4.98 Å². The normalized spacial score (nSPS) is 14.4. The lowest BCUT2D eigenvalue weighted by Crippen LogP contribution is -2.26. The van der Waals surface area contributed by atoms with Gasteiger partial charge in [0.1, 0.15) is 28.9 Å². The van der Waals surface area contributed by atoms with Gasteiger partial charge >= 0.3 is 0 Å². The summed E-state index contributed by atoms with van der Waals surface area (Å²) < 4.78 is 10.7. The molecule has 0 unspecified atom stereocenters. The van der Waals surface area contributed by atoms with Crippen LogP contribution in [0.4, 0.5) is 5.69 Å². The third-order valence-electron chi connectivity index (χ3n) is 4.41. The Morgan fingerprint density at radius 3 is 2.69 bits per heavy atom. The summed E-state index contributed by atoms with van der Waals surface area (Å²) >= 11 is 0. The number of aromatic nitrogens is 2. The second kappa shape index (κ2) is 6.11. The smallest absolute Gasteiger partial charge is 0.146 e. The lowest BCUT2D eigenvalue weighted by atomic mass is 10.2. The van der Waals surface area contributed by atoms with Crippen molar-refractivity contribution in [2.75, 3.05) is 25.7 Å². The Balaban J connectivity index is 1.73. The summed E-state index contributed by atoms with van der Waals surface area (Å²) in [5.74, 6) is 1.94. The van der Waals surface area contributed by atoms with E-state index < -0.39 is 0 Å². The Labute approximate surface area is 150 Å². The molecule has 0 fully saturated rings. The van der Waals surface area contributed by atoms with Crippen LogP contribution in [0.2, 0.25) is 0 Å². The Bertz CT molecular complexity index is 1010. The second-order valence-electron chi connectivity index (χ2n) is 5.90. The van der Waals surface area contributed by atoms with Gasteiger partial charge in [-0.05, 0) is 24.3 Å². The van der Waals surface area contributed by atoms with Crippen LogP contribution in [-0.2, 0) is 0 Å². The van der Waals surface area contributed by atoms with E-state index in [9.17, 15) is 5.11 Å². The molecule has 3 aromatic rings. The molecule has 3 N–H and O–H groups in total. The first-order valence-corrected chi connectivity index (χ1v) is 8.08. The number of aliphatic hydroxyl groups excluding tert-OH is 1. The van der Waals surface area contributed by atoms with Crippen molar-refractivity contribution < 1.29 is 14.6 Å². The number of para-hydroxylation sites is 2. The minimum Gasteiger partial charge on any atom is -0.509 e. The van der Waals surface area contributed by atoms with E-state index >= 15 is 0 Å². The van der Waals surface area contributed by atoms with Crippen molar-refractivity contribution in [1.82, 2.24) is 9.97 Å². The topological polar surface area (TPSA) is 94.5 Å². The van der Waals surface area contributed by atoms with Crippen LogP contribution in [-0.4, -0.2) is 41.7 Å². The van der Waals surface area contributed by atoms with Crippen LogP contribution in [0.5, 0.6) is 11.5 Å². The standard InChI is InChI=1S/C19H18N4O3/c1-25-11-7-8-14(16(9-11)26-2)23-10-15(24)17(18(23)20)19-21-12-5-3-4-6-13(12)22-19/h3-9,20,24H,10H2,1-2H3,(H,21,22). The minimum atomic E-state index is 0.0897. The van der Waals surface area contributed by atoms with E-state index in [1.165, 1.54) is 0 Å². The van der Waals surface area contributed by atoms with E-state index in [-0.39, 0.29) is 18.1 Å². The van der Waals surface area contributed by atoms with E-state index in [1.807, 2.05) is 24.3 Å². The number of benzene rings is 2. The molecule has 132 valence electrons. The minimum absolute atomic E-state index is 0.0897. The van der Waals surface area contributed by atoms with Gasteiger partial charge in [0.25, 0.3) is 0 Å². The lowest BCUT2D eigenvalue weighted by molar-refractivity contribution is 0.393. The molecule has 0 bridgehead atoms. The van der Waals surface area contributed by atoms with Gasteiger partial charge in [-0.2, -0.15) is 0 Å². The van der Waals surface area contributed by atoms with E-state index in [4.69, 9.17) is 14.9 Å². The number of aromatic amines is 1. The molecule has 0 aliphatic carbocycles. The summed E-state index contributed by atoms with van der Waals surface area (Å²) in [4.78, 5) is 9.35. The highest BCUT2D eigenvalue weighted by atomic mass is 16.5. The molecule has 2 heterocycles. The molecule has 7 heteroatoms. The van der Waals surface area contributed by atoms with Crippen molar-refractivity contribution in [3.8, 4) is 11.5 Å². The number of fused-ring (bicyclic) bond motifs is 1. The van der Waals surface area contributed by atoms with Crippen LogP contribution < -0.4 is 14.4 Å². The molecule has 7 nitrogen and oxygen atoms in total. The molecular weight excluding hydrogens is 332 g/mol. The zero-order valence-corrected chi connectivity index (χ0v) is 14.4. The molecule has 2 aromatic carbocycles. The maximum Gasteiger partial charge on any atom is 0.146 e. The fourth-order valence-electron chi connectivity index (χ4n) is 3.11. The molecule has 0 saturated carbocycles. The monoisotopic (exact) mass is 350 g/mol. The van der Waals surface area contributed by atoms with Crippen LogP contribution in [0.15, 0.2) is 48.2 Å². The second-order valence-corrected chi connectivity index (χ2v) is 5.90. The van der Waals surface area contributed by atoms with Crippen molar-refractivity contribution in [3.05, 3.63) is 54.0 Å². The van der Waals surface area contributed by atoms with Crippen molar-refractivity contribution in [1.29, 1.82) is 5.41 Å². The summed E-state index contributed by atoms with van der Waals surface area (Å²) in [6, 6.07) is 13.0. The number of anilines is 1. The zero-order chi connectivity index (χ0) is 18.3. The number of H-pyrrole nitrogens is 1. The summed E-state index contributed by atoms with van der Waals surface area (Å²) in [6.45, 7) is 0.175.